The Kier molecular flexibility index (Phi) is 5.09. The number of aromatic nitrogens is 1. The highest BCUT2D eigenvalue weighted by Crippen LogP contribution is 2.22. The molecule has 4 heteroatoms. The molecule has 1 unspecified atom stereocenters. The third kappa shape index (κ3) is 3.79. The summed E-state index contributed by atoms with van der Waals surface area (Å²) in [4.78, 5) is 4.37. The maximum absolute atomic E-state index is 8.87. The van der Waals surface area contributed by atoms with Crippen molar-refractivity contribution in [3.8, 4) is 11.5 Å². The van der Waals surface area contributed by atoms with Gasteiger partial charge in [-0.3, -0.25) is 4.98 Å². The van der Waals surface area contributed by atoms with Gasteiger partial charge in [-0.1, -0.05) is 12.1 Å². The van der Waals surface area contributed by atoms with Crippen molar-refractivity contribution in [2.75, 3.05) is 13.7 Å². The number of pyridine rings is 1. The van der Waals surface area contributed by atoms with Gasteiger partial charge in [0.2, 0.25) is 0 Å². The van der Waals surface area contributed by atoms with Crippen molar-refractivity contribution < 1.29 is 9.84 Å². The van der Waals surface area contributed by atoms with Crippen LogP contribution in [0.25, 0.3) is 0 Å². The third-order valence-corrected chi connectivity index (χ3v) is 3.20. The molecule has 0 saturated carbocycles. The molecular weight excluding hydrogens is 252 g/mol. The Balaban J connectivity index is 2.02. The number of aliphatic hydroxyl groups excluding tert-OH is 1. The van der Waals surface area contributed by atoms with Crippen molar-refractivity contribution in [2.24, 2.45) is 0 Å². The van der Waals surface area contributed by atoms with Gasteiger partial charge in [0, 0.05) is 12.6 Å². The fourth-order valence-electron chi connectivity index (χ4n) is 1.85. The minimum atomic E-state index is 0.162. The summed E-state index contributed by atoms with van der Waals surface area (Å²) in [5.41, 5.74) is 2.08. The summed E-state index contributed by atoms with van der Waals surface area (Å²) in [6, 6.07) is 11.8. The molecule has 0 saturated heterocycles. The van der Waals surface area contributed by atoms with Gasteiger partial charge in [-0.15, -0.1) is 0 Å². The number of nitrogens with one attached hydrogen (secondary N) is 1. The first kappa shape index (κ1) is 14.5. The zero-order valence-corrected chi connectivity index (χ0v) is 11.8. The molecule has 1 atom stereocenters. The molecule has 1 heterocycles. The number of hydrogen-bond acceptors (Lipinski definition) is 4. The first-order chi connectivity index (χ1) is 9.72. The van der Waals surface area contributed by atoms with Gasteiger partial charge in [0.05, 0.1) is 11.9 Å². The Hall–Kier alpha value is -1.91. The maximum atomic E-state index is 8.87. The molecule has 0 aliphatic heterocycles. The molecule has 0 radical (unpaired) electrons. The van der Waals surface area contributed by atoms with Crippen LogP contribution in [-0.4, -0.2) is 23.7 Å². The molecule has 2 aromatic rings. The summed E-state index contributed by atoms with van der Waals surface area (Å²) >= 11 is 0. The van der Waals surface area contributed by atoms with Crippen molar-refractivity contribution in [3.63, 3.8) is 0 Å². The Bertz CT molecular complexity index is 523. The Morgan fingerprint density at radius 1 is 1.15 bits per heavy atom. The van der Waals surface area contributed by atoms with Gasteiger partial charge in [0.15, 0.2) is 0 Å². The third-order valence-electron chi connectivity index (χ3n) is 3.20. The fraction of sp³-hybridized carbons (Fsp3) is 0.312. The summed E-state index contributed by atoms with van der Waals surface area (Å²) < 4.78 is 5.73. The SMILES string of the molecule is CNC(C)c1ccc(Oc2ccc(CCO)cc2)cn1. The molecule has 20 heavy (non-hydrogen) atoms. The molecule has 2 N–H and O–H groups in total. The number of aliphatic hydroxyl groups is 1. The first-order valence-corrected chi connectivity index (χ1v) is 6.74. The molecule has 4 nitrogen and oxygen atoms in total. The molecule has 0 aliphatic rings. The van der Waals surface area contributed by atoms with Crippen LogP contribution >= 0.6 is 0 Å². The van der Waals surface area contributed by atoms with Crippen LogP contribution in [-0.2, 0) is 6.42 Å². The van der Waals surface area contributed by atoms with Crippen LogP contribution in [0.4, 0.5) is 0 Å². The zero-order valence-electron chi connectivity index (χ0n) is 11.8. The number of hydrogen-bond donors (Lipinski definition) is 2. The van der Waals surface area contributed by atoms with E-state index in [-0.39, 0.29) is 12.6 Å². The van der Waals surface area contributed by atoms with Gasteiger partial charge in [-0.25, -0.2) is 0 Å². The number of benzene rings is 1. The Labute approximate surface area is 119 Å². The van der Waals surface area contributed by atoms with Crippen LogP contribution in [0.15, 0.2) is 42.6 Å². The first-order valence-electron chi connectivity index (χ1n) is 6.74. The summed E-state index contributed by atoms with van der Waals surface area (Å²) in [6.45, 7) is 2.22. The number of ether oxygens (including phenoxy) is 1. The molecular formula is C16H20N2O2. The number of rotatable bonds is 6. The van der Waals surface area contributed by atoms with Crippen LogP contribution in [0, 0.1) is 0 Å². The molecule has 1 aromatic heterocycles. The Morgan fingerprint density at radius 3 is 2.40 bits per heavy atom. The van der Waals surface area contributed by atoms with E-state index >= 15 is 0 Å². The van der Waals surface area contributed by atoms with Crippen LogP contribution in [0.2, 0.25) is 0 Å². The van der Waals surface area contributed by atoms with E-state index in [4.69, 9.17) is 9.84 Å². The molecule has 0 amide bonds. The molecule has 0 aliphatic carbocycles. The highest BCUT2D eigenvalue weighted by molar-refractivity contribution is 5.32. The van der Waals surface area contributed by atoms with Crippen molar-refractivity contribution in [3.05, 3.63) is 53.9 Å². The van der Waals surface area contributed by atoms with Crippen LogP contribution in [0.3, 0.4) is 0 Å². The second kappa shape index (κ2) is 7.03. The van der Waals surface area contributed by atoms with Crippen LogP contribution < -0.4 is 10.1 Å². The van der Waals surface area contributed by atoms with Gasteiger partial charge < -0.3 is 15.2 Å². The van der Waals surface area contributed by atoms with E-state index < -0.39 is 0 Å². The normalized spacial score (nSPS) is 12.2. The van der Waals surface area contributed by atoms with E-state index in [1.807, 2.05) is 43.4 Å². The summed E-state index contributed by atoms with van der Waals surface area (Å²) in [5.74, 6) is 1.48. The van der Waals surface area contributed by atoms with Gasteiger partial charge in [0.1, 0.15) is 11.5 Å². The average Bonchev–Trinajstić information content (AvgIpc) is 2.49. The molecule has 0 bridgehead atoms. The van der Waals surface area contributed by atoms with Gasteiger partial charge >= 0.3 is 0 Å². The van der Waals surface area contributed by atoms with E-state index in [1.54, 1.807) is 6.20 Å². The monoisotopic (exact) mass is 272 g/mol. The van der Waals surface area contributed by atoms with Crippen molar-refractivity contribution >= 4 is 0 Å². The van der Waals surface area contributed by atoms with E-state index in [0.717, 1.165) is 17.0 Å². The molecule has 1 aromatic carbocycles. The average molecular weight is 272 g/mol. The highest BCUT2D eigenvalue weighted by atomic mass is 16.5. The quantitative estimate of drug-likeness (QED) is 0.849. The maximum Gasteiger partial charge on any atom is 0.145 e. The lowest BCUT2D eigenvalue weighted by Crippen LogP contribution is -2.13. The van der Waals surface area contributed by atoms with Crippen molar-refractivity contribution in [1.82, 2.24) is 10.3 Å². The second-order valence-electron chi connectivity index (χ2n) is 4.65. The molecule has 0 spiro atoms. The predicted octanol–water partition coefficient (Wildman–Crippen LogP) is 2.69. The molecule has 0 fully saturated rings. The Morgan fingerprint density at radius 2 is 1.85 bits per heavy atom. The van der Waals surface area contributed by atoms with E-state index in [0.29, 0.717) is 12.2 Å². The van der Waals surface area contributed by atoms with Gasteiger partial charge in [0.25, 0.3) is 0 Å². The summed E-state index contributed by atoms with van der Waals surface area (Å²) in [7, 11) is 1.91. The lowest BCUT2D eigenvalue weighted by molar-refractivity contribution is 0.299. The van der Waals surface area contributed by atoms with Gasteiger partial charge in [-0.05, 0) is 50.2 Å². The standard InChI is InChI=1S/C16H20N2O2/c1-12(17-2)16-8-7-15(11-18-16)20-14-5-3-13(4-6-14)9-10-19/h3-8,11-12,17,19H,9-10H2,1-2H3. The van der Waals surface area contributed by atoms with E-state index in [9.17, 15) is 0 Å². The van der Waals surface area contributed by atoms with Crippen LogP contribution in [0.5, 0.6) is 11.5 Å². The smallest absolute Gasteiger partial charge is 0.145 e. The summed E-state index contributed by atoms with van der Waals surface area (Å²) in [5, 5.41) is 12.0. The lowest BCUT2D eigenvalue weighted by atomic mass is 10.1. The molecule has 106 valence electrons. The molecule has 2 rings (SSSR count). The van der Waals surface area contributed by atoms with Gasteiger partial charge in [-0.2, -0.15) is 0 Å². The topological polar surface area (TPSA) is 54.4 Å². The predicted molar refractivity (Wildman–Crippen MR) is 79.0 cm³/mol. The lowest BCUT2D eigenvalue weighted by Gasteiger charge is -2.10. The van der Waals surface area contributed by atoms with E-state index in [1.165, 1.54) is 0 Å². The number of nitrogens with zero attached hydrogens (tertiary/aromatic N) is 1. The minimum absolute atomic E-state index is 0.162. The summed E-state index contributed by atoms with van der Waals surface area (Å²) in [6.07, 6.45) is 2.39. The van der Waals surface area contributed by atoms with Crippen LogP contribution in [0.1, 0.15) is 24.2 Å². The highest BCUT2D eigenvalue weighted by Gasteiger charge is 2.04. The van der Waals surface area contributed by atoms with E-state index in [2.05, 4.69) is 17.2 Å². The largest absolute Gasteiger partial charge is 0.456 e. The van der Waals surface area contributed by atoms with Crippen molar-refractivity contribution in [2.45, 2.75) is 19.4 Å². The van der Waals surface area contributed by atoms with Crippen molar-refractivity contribution in [1.29, 1.82) is 0 Å². The second-order valence-corrected chi connectivity index (χ2v) is 4.65. The minimum Gasteiger partial charge on any atom is -0.456 e. The fourth-order valence-corrected chi connectivity index (χ4v) is 1.85. The zero-order chi connectivity index (χ0) is 14.4.